The molecule has 2 aromatic heterocycles. The van der Waals surface area contributed by atoms with Gasteiger partial charge >= 0.3 is 0 Å². The average Bonchev–Trinajstić information content (AvgIpc) is 3.29. The molecular formula is C22H27N5. The summed E-state index contributed by atoms with van der Waals surface area (Å²) in [6, 6.07) is 17.0. The van der Waals surface area contributed by atoms with Crippen LogP contribution in [0.1, 0.15) is 23.7 Å². The van der Waals surface area contributed by atoms with Crippen molar-refractivity contribution in [1.29, 1.82) is 0 Å². The number of nitrogens with one attached hydrogen (secondary N) is 1. The maximum atomic E-state index is 4.22. The van der Waals surface area contributed by atoms with E-state index in [1.54, 1.807) is 0 Å². The Labute approximate surface area is 161 Å². The number of hydrogen-bond acceptors (Lipinski definition) is 4. The number of hydrogen-bond donors (Lipinski definition) is 1. The van der Waals surface area contributed by atoms with E-state index in [0.29, 0.717) is 0 Å². The minimum Gasteiger partial charge on any atom is -0.300 e. The summed E-state index contributed by atoms with van der Waals surface area (Å²) in [5.74, 6) is 0. The summed E-state index contributed by atoms with van der Waals surface area (Å²) >= 11 is 0. The molecule has 3 heterocycles. The van der Waals surface area contributed by atoms with Gasteiger partial charge in [-0.3, -0.25) is 15.0 Å². The lowest BCUT2D eigenvalue weighted by atomic mass is 9.86. The van der Waals surface area contributed by atoms with Crippen molar-refractivity contribution < 1.29 is 0 Å². The molecule has 1 aliphatic heterocycles. The highest BCUT2D eigenvalue weighted by Gasteiger charge is 2.38. The van der Waals surface area contributed by atoms with Crippen LogP contribution >= 0.6 is 0 Å². The molecule has 1 fully saturated rings. The zero-order chi connectivity index (χ0) is 18.5. The fourth-order valence-electron chi connectivity index (χ4n) is 4.05. The second kappa shape index (κ2) is 8.03. The second-order valence-electron chi connectivity index (χ2n) is 7.35. The van der Waals surface area contributed by atoms with Crippen molar-refractivity contribution in [3.63, 3.8) is 0 Å². The average molecular weight is 361 g/mol. The predicted octanol–water partition coefficient (Wildman–Crippen LogP) is 2.93. The monoisotopic (exact) mass is 361 g/mol. The Morgan fingerprint density at radius 1 is 0.963 bits per heavy atom. The van der Waals surface area contributed by atoms with E-state index in [0.717, 1.165) is 44.8 Å². The van der Waals surface area contributed by atoms with Gasteiger partial charge < -0.3 is 4.90 Å². The Bertz CT molecular complexity index is 810. The summed E-state index contributed by atoms with van der Waals surface area (Å²) in [6.07, 6.45) is 6.72. The first-order valence-corrected chi connectivity index (χ1v) is 9.68. The molecule has 5 heteroatoms. The zero-order valence-corrected chi connectivity index (χ0v) is 15.9. The van der Waals surface area contributed by atoms with Crippen molar-refractivity contribution in [2.45, 2.75) is 18.9 Å². The summed E-state index contributed by atoms with van der Waals surface area (Å²) in [5, 5.41) is 7.44. The standard InChI is InChI=1S/C22H27N5/c1-22(21-9-12-24-25-21,20-7-3-2-4-8-20)27-16-14-26(15-17-27)13-10-19-6-5-11-23-18-19/h2-9,11-12,18H,10,13-17H2,1H3,(H,24,25). The van der Waals surface area contributed by atoms with Crippen LogP contribution in [0.4, 0.5) is 0 Å². The number of H-pyrrole nitrogens is 1. The molecule has 1 unspecified atom stereocenters. The highest BCUT2D eigenvalue weighted by molar-refractivity contribution is 5.33. The quantitative estimate of drug-likeness (QED) is 0.733. The van der Waals surface area contributed by atoms with Crippen molar-refractivity contribution in [3.8, 4) is 0 Å². The van der Waals surface area contributed by atoms with Crippen molar-refractivity contribution in [2.24, 2.45) is 0 Å². The van der Waals surface area contributed by atoms with Gasteiger partial charge in [-0.2, -0.15) is 5.10 Å². The smallest absolute Gasteiger partial charge is 0.0855 e. The lowest BCUT2D eigenvalue weighted by Crippen LogP contribution is -2.55. The molecule has 0 spiro atoms. The summed E-state index contributed by atoms with van der Waals surface area (Å²) < 4.78 is 0. The molecule has 0 aliphatic carbocycles. The Morgan fingerprint density at radius 2 is 1.78 bits per heavy atom. The molecular weight excluding hydrogens is 334 g/mol. The molecule has 5 nitrogen and oxygen atoms in total. The van der Waals surface area contributed by atoms with Crippen LogP contribution in [0.2, 0.25) is 0 Å². The summed E-state index contributed by atoms with van der Waals surface area (Å²) in [4.78, 5) is 9.36. The second-order valence-corrected chi connectivity index (χ2v) is 7.35. The van der Waals surface area contributed by atoms with Gasteiger partial charge in [-0.25, -0.2) is 0 Å². The topological polar surface area (TPSA) is 48.1 Å². The summed E-state index contributed by atoms with van der Waals surface area (Å²) in [6.45, 7) is 7.63. The van der Waals surface area contributed by atoms with Crippen LogP contribution in [0.25, 0.3) is 0 Å². The molecule has 1 aliphatic rings. The molecule has 0 saturated carbocycles. The maximum Gasteiger partial charge on any atom is 0.0855 e. The Morgan fingerprint density at radius 3 is 2.44 bits per heavy atom. The lowest BCUT2D eigenvalue weighted by Gasteiger charge is -2.45. The van der Waals surface area contributed by atoms with E-state index < -0.39 is 0 Å². The summed E-state index contributed by atoms with van der Waals surface area (Å²) in [7, 11) is 0. The van der Waals surface area contributed by atoms with Gasteiger partial charge in [0.1, 0.15) is 0 Å². The van der Waals surface area contributed by atoms with E-state index in [9.17, 15) is 0 Å². The van der Waals surface area contributed by atoms with Crippen LogP contribution in [-0.2, 0) is 12.0 Å². The van der Waals surface area contributed by atoms with E-state index >= 15 is 0 Å². The van der Waals surface area contributed by atoms with Gasteiger partial charge in [0.05, 0.1) is 11.2 Å². The molecule has 0 bridgehead atoms. The van der Waals surface area contributed by atoms with Crippen LogP contribution in [0, 0.1) is 0 Å². The molecule has 4 rings (SSSR count). The van der Waals surface area contributed by atoms with Crippen molar-refractivity contribution >= 4 is 0 Å². The first-order chi connectivity index (χ1) is 13.3. The van der Waals surface area contributed by atoms with Gasteiger partial charge in [-0.05, 0) is 36.6 Å². The molecule has 0 radical (unpaired) electrons. The Kier molecular flexibility index (Phi) is 5.32. The van der Waals surface area contributed by atoms with E-state index in [-0.39, 0.29) is 5.54 Å². The Balaban J connectivity index is 1.45. The number of nitrogens with zero attached hydrogens (tertiary/aromatic N) is 4. The number of piperazine rings is 1. The molecule has 0 amide bonds. The minimum atomic E-state index is -0.187. The third kappa shape index (κ3) is 3.80. The van der Waals surface area contributed by atoms with Gasteiger partial charge in [-0.1, -0.05) is 36.4 Å². The van der Waals surface area contributed by atoms with E-state index in [2.05, 4.69) is 74.4 Å². The van der Waals surface area contributed by atoms with Crippen molar-refractivity contribution in [3.05, 3.63) is 83.9 Å². The van der Waals surface area contributed by atoms with Gasteiger partial charge in [0, 0.05) is 51.3 Å². The molecule has 1 saturated heterocycles. The van der Waals surface area contributed by atoms with Crippen LogP contribution in [0.15, 0.2) is 67.1 Å². The largest absolute Gasteiger partial charge is 0.300 e. The molecule has 1 aromatic carbocycles. The molecule has 1 N–H and O–H groups in total. The first kappa shape index (κ1) is 17.9. The number of benzene rings is 1. The molecule has 3 aromatic rings. The van der Waals surface area contributed by atoms with Gasteiger partial charge in [0.25, 0.3) is 0 Å². The fourth-order valence-corrected chi connectivity index (χ4v) is 4.05. The fraction of sp³-hybridized carbons (Fsp3) is 0.364. The zero-order valence-electron chi connectivity index (χ0n) is 15.9. The van der Waals surface area contributed by atoms with E-state index in [1.807, 2.05) is 24.7 Å². The minimum absolute atomic E-state index is 0.187. The van der Waals surface area contributed by atoms with Crippen LogP contribution in [0.3, 0.4) is 0 Å². The van der Waals surface area contributed by atoms with E-state index in [1.165, 1.54) is 11.1 Å². The lowest BCUT2D eigenvalue weighted by molar-refractivity contribution is 0.0606. The van der Waals surface area contributed by atoms with Crippen LogP contribution in [-0.4, -0.2) is 57.7 Å². The van der Waals surface area contributed by atoms with E-state index in [4.69, 9.17) is 0 Å². The maximum absolute atomic E-state index is 4.22. The van der Waals surface area contributed by atoms with Crippen molar-refractivity contribution in [2.75, 3.05) is 32.7 Å². The highest BCUT2D eigenvalue weighted by atomic mass is 15.3. The summed E-state index contributed by atoms with van der Waals surface area (Å²) in [5.41, 5.74) is 3.58. The third-order valence-corrected chi connectivity index (χ3v) is 5.81. The SMILES string of the molecule is CC(c1ccccc1)(c1ccn[nH]1)N1CCN(CCc2cccnc2)CC1. The predicted molar refractivity (Wildman–Crippen MR) is 107 cm³/mol. The first-order valence-electron chi connectivity index (χ1n) is 9.68. The number of pyridine rings is 1. The number of aromatic nitrogens is 3. The third-order valence-electron chi connectivity index (χ3n) is 5.81. The number of rotatable bonds is 6. The molecule has 1 atom stereocenters. The number of aromatic amines is 1. The Hall–Kier alpha value is -2.50. The van der Waals surface area contributed by atoms with Gasteiger partial charge in [-0.15, -0.1) is 0 Å². The van der Waals surface area contributed by atoms with Gasteiger partial charge in [0.15, 0.2) is 0 Å². The van der Waals surface area contributed by atoms with Crippen molar-refractivity contribution in [1.82, 2.24) is 25.0 Å². The van der Waals surface area contributed by atoms with Crippen LogP contribution < -0.4 is 0 Å². The van der Waals surface area contributed by atoms with Gasteiger partial charge in [0.2, 0.25) is 0 Å². The normalized spacial score (nSPS) is 18.3. The van der Waals surface area contributed by atoms with Crippen LogP contribution in [0.5, 0.6) is 0 Å². The molecule has 140 valence electrons. The highest BCUT2D eigenvalue weighted by Crippen LogP contribution is 2.35. The molecule has 27 heavy (non-hydrogen) atoms.